The first-order valence-corrected chi connectivity index (χ1v) is 14.2. The van der Waals surface area contributed by atoms with Crippen LogP contribution in [-0.4, -0.2) is 71.6 Å². The van der Waals surface area contributed by atoms with Crippen LogP contribution >= 0.6 is 0 Å². The van der Waals surface area contributed by atoms with E-state index in [1.54, 1.807) is 4.90 Å². The highest BCUT2D eigenvalue weighted by Crippen LogP contribution is 2.47. The zero-order valence-electron chi connectivity index (χ0n) is 23.2. The van der Waals surface area contributed by atoms with Crippen LogP contribution in [-0.2, 0) is 16.6 Å². The van der Waals surface area contributed by atoms with Gasteiger partial charge in [-0.1, -0.05) is 66.7 Å². The lowest BCUT2D eigenvalue weighted by Crippen LogP contribution is -2.47. The van der Waals surface area contributed by atoms with Crippen LogP contribution in [0, 0.1) is 0 Å². The van der Waals surface area contributed by atoms with Crippen molar-refractivity contribution in [3.63, 3.8) is 0 Å². The number of benzene rings is 3. The molecule has 0 radical (unpaired) electrons. The third-order valence-electron chi connectivity index (χ3n) is 8.32. The van der Waals surface area contributed by atoms with Gasteiger partial charge in [0.25, 0.3) is 5.91 Å². The average Bonchev–Trinajstić information content (AvgIpc) is 3.46. The lowest BCUT2D eigenvalue weighted by molar-refractivity contribution is -0.125. The topological polar surface area (TPSA) is 66.8 Å². The number of morpholine rings is 1. The van der Waals surface area contributed by atoms with E-state index in [0.717, 1.165) is 72.6 Å². The highest BCUT2D eigenvalue weighted by molar-refractivity contribution is 6.04. The third-order valence-corrected chi connectivity index (χ3v) is 8.32. The molecule has 3 aromatic carbocycles. The summed E-state index contributed by atoms with van der Waals surface area (Å²) in [6.45, 7) is 6.74. The van der Waals surface area contributed by atoms with Gasteiger partial charge in [0, 0.05) is 48.7 Å². The Bertz CT molecular complexity index is 1520. The Kier molecular flexibility index (Phi) is 7.41. The lowest BCUT2D eigenvalue weighted by atomic mass is 9.92. The summed E-state index contributed by atoms with van der Waals surface area (Å²) in [5.74, 6) is -0.238. The fourth-order valence-electron chi connectivity index (χ4n) is 6.29. The van der Waals surface area contributed by atoms with Gasteiger partial charge in [-0.15, -0.1) is 0 Å². The molecule has 4 aromatic rings. The van der Waals surface area contributed by atoms with Crippen molar-refractivity contribution in [2.45, 2.75) is 25.4 Å². The van der Waals surface area contributed by atoms with Crippen molar-refractivity contribution < 1.29 is 14.3 Å². The highest BCUT2D eigenvalue weighted by Gasteiger charge is 2.44. The Balaban J connectivity index is 1.36. The molecule has 7 nitrogen and oxygen atoms in total. The molecule has 2 atom stereocenters. The predicted octanol–water partition coefficient (Wildman–Crippen LogP) is 4.62. The maximum atomic E-state index is 14.0. The second-order valence-electron chi connectivity index (χ2n) is 10.7. The van der Waals surface area contributed by atoms with Gasteiger partial charge in [0.15, 0.2) is 0 Å². The molecule has 3 heterocycles. The number of carbonyl (C=O) groups is 2. The number of amides is 2. The molecule has 1 fully saturated rings. The van der Waals surface area contributed by atoms with E-state index in [1.807, 2.05) is 61.5 Å². The molecule has 2 amide bonds. The third kappa shape index (κ3) is 4.69. The Hall–Kier alpha value is -3.94. The summed E-state index contributed by atoms with van der Waals surface area (Å²) in [5.41, 5.74) is 5.87. The Labute approximate surface area is 235 Å². The number of aromatic nitrogens is 1. The van der Waals surface area contributed by atoms with Crippen molar-refractivity contribution in [2.75, 3.05) is 39.4 Å². The van der Waals surface area contributed by atoms with Gasteiger partial charge in [0.1, 0.15) is 6.04 Å². The van der Waals surface area contributed by atoms with Crippen molar-refractivity contribution in [1.82, 2.24) is 19.7 Å². The molecule has 1 aromatic heterocycles. The molecule has 6 rings (SSSR count). The highest BCUT2D eigenvalue weighted by atomic mass is 16.5. The molecule has 1 N–H and O–H groups in total. The van der Waals surface area contributed by atoms with Crippen LogP contribution in [0.25, 0.3) is 22.2 Å². The Morgan fingerprint density at radius 3 is 2.48 bits per heavy atom. The largest absolute Gasteiger partial charge is 0.379 e. The summed E-state index contributed by atoms with van der Waals surface area (Å²) in [7, 11) is 2.08. The number of nitrogens with zero attached hydrogens (tertiary/aromatic N) is 3. The summed E-state index contributed by atoms with van der Waals surface area (Å²) < 4.78 is 7.64. The SMILES string of the molecule is CC(C(=O)NCCCN1CCOCC1)N1C(=O)c2ccccc2C1c1c(-c2ccccc2)n(C)c2ccccc12. The quantitative estimate of drug-likeness (QED) is 0.334. The monoisotopic (exact) mass is 536 g/mol. The predicted molar refractivity (Wildman–Crippen MR) is 157 cm³/mol. The summed E-state index contributed by atoms with van der Waals surface area (Å²) in [5, 5.41) is 4.20. The van der Waals surface area contributed by atoms with Gasteiger partial charge >= 0.3 is 0 Å². The van der Waals surface area contributed by atoms with Crippen molar-refractivity contribution in [2.24, 2.45) is 7.05 Å². The number of hydrogen-bond acceptors (Lipinski definition) is 4. The zero-order valence-corrected chi connectivity index (χ0v) is 23.2. The fraction of sp³-hybridized carbons (Fsp3) is 0.333. The molecule has 0 aliphatic carbocycles. The van der Waals surface area contributed by atoms with Gasteiger partial charge in [-0.3, -0.25) is 14.5 Å². The first kappa shape index (κ1) is 26.3. The molecular weight excluding hydrogens is 500 g/mol. The summed E-state index contributed by atoms with van der Waals surface area (Å²) in [6, 6.07) is 25.4. The van der Waals surface area contributed by atoms with Crippen LogP contribution in [0.1, 0.15) is 40.9 Å². The van der Waals surface area contributed by atoms with Gasteiger partial charge in [0.2, 0.25) is 5.91 Å². The Morgan fingerprint density at radius 1 is 0.975 bits per heavy atom. The standard InChI is InChI=1S/C33H36N4O3/c1-23(32(38)34-17-10-18-36-19-21-40-22-20-36)37-31(25-13-6-7-14-26(25)33(37)39)29-27-15-8-9-16-28(27)35(2)30(29)24-11-4-3-5-12-24/h3-9,11-16,23,31H,10,17-22H2,1-2H3,(H,34,38). The van der Waals surface area contributed by atoms with Crippen molar-refractivity contribution in [1.29, 1.82) is 0 Å². The molecule has 0 saturated carbocycles. The zero-order chi connectivity index (χ0) is 27.6. The number of aryl methyl sites for hydroxylation is 1. The van der Waals surface area contributed by atoms with Crippen molar-refractivity contribution >= 4 is 22.7 Å². The number of carbonyl (C=O) groups excluding carboxylic acids is 2. The van der Waals surface area contributed by atoms with Crippen LogP contribution in [0.15, 0.2) is 78.9 Å². The second kappa shape index (κ2) is 11.3. The molecule has 1 saturated heterocycles. The van der Waals surface area contributed by atoms with Crippen LogP contribution < -0.4 is 5.32 Å². The molecule has 2 aliphatic rings. The molecular formula is C33H36N4O3. The van der Waals surface area contributed by atoms with Crippen LogP contribution in [0.4, 0.5) is 0 Å². The van der Waals surface area contributed by atoms with E-state index in [-0.39, 0.29) is 17.9 Å². The molecule has 0 spiro atoms. The maximum absolute atomic E-state index is 14.0. The first-order valence-electron chi connectivity index (χ1n) is 14.2. The number of fused-ring (bicyclic) bond motifs is 2. The lowest BCUT2D eigenvalue weighted by Gasteiger charge is -2.32. The van der Waals surface area contributed by atoms with E-state index in [9.17, 15) is 9.59 Å². The minimum atomic E-state index is -0.643. The molecule has 206 valence electrons. The molecule has 2 unspecified atom stereocenters. The van der Waals surface area contributed by atoms with E-state index in [2.05, 4.69) is 46.1 Å². The number of nitrogens with one attached hydrogen (secondary N) is 1. The van der Waals surface area contributed by atoms with Gasteiger partial charge in [0.05, 0.1) is 24.9 Å². The summed E-state index contributed by atoms with van der Waals surface area (Å²) in [4.78, 5) is 31.7. The average molecular weight is 537 g/mol. The number of hydrogen-bond donors (Lipinski definition) is 1. The molecule has 7 heteroatoms. The summed E-state index contributed by atoms with van der Waals surface area (Å²) in [6.07, 6.45) is 0.859. The van der Waals surface area contributed by atoms with Crippen LogP contribution in [0.5, 0.6) is 0 Å². The van der Waals surface area contributed by atoms with Gasteiger partial charge in [-0.25, -0.2) is 0 Å². The van der Waals surface area contributed by atoms with Crippen LogP contribution in [0.2, 0.25) is 0 Å². The number of rotatable bonds is 8. The van der Waals surface area contributed by atoms with Crippen LogP contribution in [0.3, 0.4) is 0 Å². The van der Waals surface area contributed by atoms with E-state index in [0.29, 0.717) is 12.1 Å². The van der Waals surface area contributed by atoms with Gasteiger partial charge in [-0.2, -0.15) is 0 Å². The number of ether oxygens (including phenoxy) is 1. The van der Waals surface area contributed by atoms with Gasteiger partial charge < -0.3 is 19.5 Å². The first-order chi connectivity index (χ1) is 19.6. The van der Waals surface area contributed by atoms with Crippen molar-refractivity contribution in [3.05, 3.63) is 95.6 Å². The molecule has 40 heavy (non-hydrogen) atoms. The van der Waals surface area contributed by atoms with E-state index < -0.39 is 6.04 Å². The normalized spacial score (nSPS) is 18.2. The minimum absolute atomic E-state index is 0.108. The van der Waals surface area contributed by atoms with E-state index in [4.69, 9.17) is 4.74 Å². The fourth-order valence-corrected chi connectivity index (χ4v) is 6.29. The minimum Gasteiger partial charge on any atom is -0.379 e. The second-order valence-corrected chi connectivity index (χ2v) is 10.7. The van der Waals surface area contributed by atoms with Crippen molar-refractivity contribution in [3.8, 4) is 11.3 Å². The number of para-hydroxylation sites is 1. The Morgan fingerprint density at radius 2 is 1.68 bits per heavy atom. The van der Waals surface area contributed by atoms with E-state index in [1.165, 1.54) is 0 Å². The van der Waals surface area contributed by atoms with Gasteiger partial charge in [-0.05, 0) is 43.1 Å². The smallest absolute Gasteiger partial charge is 0.255 e. The maximum Gasteiger partial charge on any atom is 0.255 e. The summed E-state index contributed by atoms with van der Waals surface area (Å²) >= 11 is 0. The molecule has 0 bridgehead atoms. The molecule has 2 aliphatic heterocycles. The van der Waals surface area contributed by atoms with E-state index >= 15 is 0 Å².